The van der Waals surface area contributed by atoms with E-state index in [1.54, 1.807) is 18.1 Å². The fraction of sp³-hybridized carbons (Fsp3) is 0.700. The van der Waals surface area contributed by atoms with Crippen LogP contribution < -0.4 is 5.32 Å². The van der Waals surface area contributed by atoms with Crippen LogP contribution in [-0.2, 0) is 16.1 Å². The molecule has 0 fully saturated rings. The van der Waals surface area contributed by atoms with Crippen LogP contribution in [0.1, 0.15) is 12.8 Å². The first kappa shape index (κ1) is 13.6. The number of ether oxygens (including phenoxy) is 1. The highest BCUT2D eigenvalue weighted by molar-refractivity contribution is 5.76. The Labute approximate surface area is 99.8 Å². The molecule has 7 nitrogen and oxygen atoms in total. The molecule has 0 aliphatic carbocycles. The Balaban J connectivity index is 2.22. The predicted octanol–water partition coefficient (Wildman–Crippen LogP) is -0.818. The van der Waals surface area contributed by atoms with Gasteiger partial charge in [-0.3, -0.25) is 9.48 Å². The van der Waals surface area contributed by atoms with Crippen molar-refractivity contribution in [3.05, 3.63) is 12.7 Å². The maximum absolute atomic E-state index is 11.5. The zero-order valence-electron chi connectivity index (χ0n) is 9.87. The first-order chi connectivity index (χ1) is 8.26. The van der Waals surface area contributed by atoms with Crippen LogP contribution in [0.25, 0.3) is 0 Å². The number of aryl methyl sites for hydroxylation is 1. The second-order valence-electron chi connectivity index (χ2n) is 3.64. The summed E-state index contributed by atoms with van der Waals surface area (Å²) < 4.78 is 6.48. The molecule has 0 saturated heterocycles. The molecule has 17 heavy (non-hydrogen) atoms. The number of carbonyl (C=O) groups excluding carboxylic acids is 1. The van der Waals surface area contributed by atoms with Crippen LogP contribution >= 0.6 is 0 Å². The highest BCUT2D eigenvalue weighted by atomic mass is 16.5. The highest BCUT2D eigenvalue weighted by Crippen LogP contribution is 1.94. The number of aliphatic hydroxyl groups excluding tert-OH is 1. The number of methoxy groups -OCH3 is 1. The van der Waals surface area contributed by atoms with E-state index in [0.29, 0.717) is 26.0 Å². The first-order valence-electron chi connectivity index (χ1n) is 5.48. The van der Waals surface area contributed by atoms with Gasteiger partial charge in [-0.2, -0.15) is 5.10 Å². The zero-order chi connectivity index (χ0) is 12.5. The van der Waals surface area contributed by atoms with Gasteiger partial charge < -0.3 is 15.2 Å². The molecule has 1 heterocycles. The number of carbonyl (C=O) groups is 1. The standard InChI is InChI=1S/C10H18N4O3/c1-17-5-3-9(6-15)13-10(16)2-4-14-8-11-7-12-14/h7-9,15H,2-6H2,1H3,(H,13,16). The summed E-state index contributed by atoms with van der Waals surface area (Å²) in [5.41, 5.74) is 0. The van der Waals surface area contributed by atoms with Gasteiger partial charge in [0.15, 0.2) is 0 Å². The molecule has 1 unspecified atom stereocenters. The van der Waals surface area contributed by atoms with Crippen molar-refractivity contribution in [1.29, 1.82) is 0 Å². The third-order valence-corrected chi connectivity index (χ3v) is 2.29. The molecule has 0 bridgehead atoms. The Morgan fingerprint density at radius 3 is 3.06 bits per heavy atom. The quantitative estimate of drug-likeness (QED) is 0.622. The lowest BCUT2D eigenvalue weighted by molar-refractivity contribution is -0.122. The molecule has 0 spiro atoms. The molecular weight excluding hydrogens is 224 g/mol. The minimum absolute atomic E-state index is 0.0849. The Morgan fingerprint density at radius 1 is 1.65 bits per heavy atom. The van der Waals surface area contributed by atoms with E-state index in [0.717, 1.165) is 0 Å². The molecule has 2 N–H and O–H groups in total. The molecule has 0 aliphatic heterocycles. The zero-order valence-corrected chi connectivity index (χ0v) is 9.87. The number of hydrogen-bond donors (Lipinski definition) is 2. The van der Waals surface area contributed by atoms with Crippen molar-refractivity contribution < 1.29 is 14.6 Å². The van der Waals surface area contributed by atoms with Gasteiger partial charge in [0.25, 0.3) is 0 Å². The van der Waals surface area contributed by atoms with Crippen molar-refractivity contribution in [2.75, 3.05) is 20.3 Å². The number of aromatic nitrogens is 3. The third kappa shape index (κ3) is 5.41. The van der Waals surface area contributed by atoms with Crippen molar-refractivity contribution in [1.82, 2.24) is 20.1 Å². The Bertz CT molecular complexity index is 315. The molecule has 1 atom stereocenters. The summed E-state index contributed by atoms with van der Waals surface area (Å²) in [6.45, 7) is 0.904. The maximum atomic E-state index is 11.5. The number of nitrogens with zero attached hydrogens (tertiary/aromatic N) is 3. The largest absolute Gasteiger partial charge is 0.394 e. The smallest absolute Gasteiger partial charge is 0.222 e. The van der Waals surface area contributed by atoms with Crippen LogP contribution in [0.4, 0.5) is 0 Å². The van der Waals surface area contributed by atoms with Gasteiger partial charge >= 0.3 is 0 Å². The fourth-order valence-electron chi connectivity index (χ4n) is 1.33. The maximum Gasteiger partial charge on any atom is 0.222 e. The fourth-order valence-corrected chi connectivity index (χ4v) is 1.33. The average molecular weight is 242 g/mol. The van der Waals surface area contributed by atoms with Gasteiger partial charge in [-0.05, 0) is 6.42 Å². The number of aliphatic hydroxyl groups is 1. The summed E-state index contributed by atoms with van der Waals surface area (Å²) in [7, 11) is 1.58. The molecular formula is C10H18N4O3. The lowest BCUT2D eigenvalue weighted by atomic mass is 10.2. The van der Waals surface area contributed by atoms with Crippen LogP contribution in [0.15, 0.2) is 12.7 Å². The van der Waals surface area contributed by atoms with E-state index in [-0.39, 0.29) is 18.6 Å². The number of hydrogen-bond acceptors (Lipinski definition) is 5. The van der Waals surface area contributed by atoms with Gasteiger partial charge in [-0.15, -0.1) is 0 Å². The lowest BCUT2D eigenvalue weighted by Crippen LogP contribution is -2.38. The molecule has 0 aliphatic rings. The summed E-state index contributed by atoms with van der Waals surface area (Å²) in [5.74, 6) is -0.115. The molecule has 0 saturated carbocycles. The van der Waals surface area contributed by atoms with Crippen LogP contribution in [-0.4, -0.2) is 52.1 Å². The Morgan fingerprint density at radius 2 is 2.47 bits per heavy atom. The lowest BCUT2D eigenvalue weighted by Gasteiger charge is -2.15. The minimum Gasteiger partial charge on any atom is -0.394 e. The van der Waals surface area contributed by atoms with Crippen molar-refractivity contribution in [3.8, 4) is 0 Å². The molecule has 96 valence electrons. The molecule has 1 aromatic rings. The average Bonchev–Trinajstić information content (AvgIpc) is 2.85. The number of amides is 1. The van der Waals surface area contributed by atoms with Crippen LogP contribution in [0.3, 0.4) is 0 Å². The van der Waals surface area contributed by atoms with Gasteiger partial charge in [-0.25, -0.2) is 4.98 Å². The summed E-state index contributed by atoms with van der Waals surface area (Å²) in [5, 5.41) is 15.7. The van der Waals surface area contributed by atoms with Crippen LogP contribution in [0.2, 0.25) is 0 Å². The van der Waals surface area contributed by atoms with Crippen molar-refractivity contribution in [3.63, 3.8) is 0 Å². The van der Waals surface area contributed by atoms with E-state index in [2.05, 4.69) is 15.4 Å². The molecule has 0 aromatic carbocycles. The second kappa shape index (κ2) is 7.75. The normalized spacial score (nSPS) is 12.4. The van der Waals surface area contributed by atoms with Crippen molar-refractivity contribution in [2.24, 2.45) is 0 Å². The minimum atomic E-state index is -0.252. The predicted molar refractivity (Wildman–Crippen MR) is 60.1 cm³/mol. The Hall–Kier alpha value is -1.47. The van der Waals surface area contributed by atoms with Gasteiger partial charge in [0, 0.05) is 20.1 Å². The van der Waals surface area contributed by atoms with Crippen molar-refractivity contribution in [2.45, 2.75) is 25.4 Å². The van der Waals surface area contributed by atoms with Gasteiger partial charge in [-0.1, -0.05) is 0 Å². The molecule has 7 heteroatoms. The van der Waals surface area contributed by atoms with E-state index < -0.39 is 0 Å². The highest BCUT2D eigenvalue weighted by Gasteiger charge is 2.10. The third-order valence-electron chi connectivity index (χ3n) is 2.29. The van der Waals surface area contributed by atoms with E-state index in [9.17, 15) is 4.79 Å². The van der Waals surface area contributed by atoms with Gasteiger partial charge in [0.05, 0.1) is 19.2 Å². The summed E-state index contributed by atoms with van der Waals surface area (Å²) >= 11 is 0. The van der Waals surface area contributed by atoms with E-state index in [1.807, 2.05) is 0 Å². The molecule has 1 amide bonds. The molecule has 1 rings (SSSR count). The summed E-state index contributed by atoms with van der Waals surface area (Å²) in [4.78, 5) is 15.3. The van der Waals surface area contributed by atoms with Gasteiger partial charge in [0.1, 0.15) is 12.7 Å². The molecule has 1 aromatic heterocycles. The van der Waals surface area contributed by atoms with Gasteiger partial charge in [0.2, 0.25) is 5.91 Å². The van der Waals surface area contributed by atoms with Crippen molar-refractivity contribution >= 4 is 5.91 Å². The number of rotatable bonds is 8. The second-order valence-corrected chi connectivity index (χ2v) is 3.64. The topological polar surface area (TPSA) is 89.3 Å². The monoisotopic (exact) mass is 242 g/mol. The van der Waals surface area contributed by atoms with E-state index >= 15 is 0 Å². The molecule has 0 radical (unpaired) electrons. The van der Waals surface area contributed by atoms with E-state index in [1.165, 1.54) is 6.33 Å². The summed E-state index contributed by atoms with van der Waals surface area (Å²) in [6.07, 6.45) is 3.89. The number of nitrogens with one attached hydrogen (secondary N) is 1. The van der Waals surface area contributed by atoms with E-state index in [4.69, 9.17) is 9.84 Å². The summed E-state index contributed by atoms with van der Waals surface area (Å²) in [6, 6.07) is -0.252. The van der Waals surface area contributed by atoms with Crippen LogP contribution in [0.5, 0.6) is 0 Å². The van der Waals surface area contributed by atoms with Crippen LogP contribution in [0, 0.1) is 0 Å². The Kier molecular flexibility index (Phi) is 6.19. The first-order valence-corrected chi connectivity index (χ1v) is 5.48. The SMILES string of the molecule is COCCC(CO)NC(=O)CCn1cncn1.